The van der Waals surface area contributed by atoms with Crippen LogP contribution >= 0.6 is 0 Å². The lowest BCUT2D eigenvalue weighted by Crippen LogP contribution is -2.45. The lowest BCUT2D eigenvalue weighted by Gasteiger charge is -2.34. The quantitative estimate of drug-likeness (QED) is 0.867. The zero-order valence-corrected chi connectivity index (χ0v) is 14.7. The Morgan fingerprint density at radius 1 is 1.25 bits per heavy atom. The van der Waals surface area contributed by atoms with Crippen LogP contribution in [-0.2, 0) is 4.79 Å². The molecule has 5 nitrogen and oxygen atoms in total. The zero-order chi connectivity index (χ0) is 17.7. The molecule has 2 atom stereocenters. The first-order valence-electron chi connectivity index (χ1n) is 8.61. The minimum atomic E-state index is -0.826. The van der Waals surface area contributed by atoms with Crippen molar-refractivity contribution in [1.29, 1.82) is 0 Å². The molecule has 1 heterocycles. The zero-order valence-electron chi connectivity index (χ0n) is 14.7. The van der Waals surface area contributed by atoms with Gasteiger partial charge in [0.05, 0.1) is 12.5 Å². The number of carbonyl (C=O) groups is 2. The fourth-order valence-corrected chi connectivity index (χ4v) is 2.99. The van der Waals surface area contributed by atoms with Gasteiger partial charge in [-0.1, -0.05) is 20.8 Å². The van der Waals surface area contributed by atoms with E-state index in [0.29, 0.717) is 31.1 Å². The van der Waals surface area contributed by atoms with Crippen molar-refractivity contribution in [1.82, 2.24) is 4.90 Å². The molecule has 0 saturated carbocycles. The monoisotopic (exact) mass is 333 g/mol. The van der Waals surface area contributed by atoms with Gasteiger partial charge in [0.25, 0.3) is 5.91 Å². The third-order valence-corrected chi connectivity index (χ3v) is 4.36. The summed E-state index contributed by atoms with van der Waals surface area (Å²) in [6.07, 6.45) is 1.62. The van der Waals surface area contributed by atoms with Crippen molar-refractivity contribution in [3.05, 3.63) is 29.8 Å². The van der Waals surface area contributed by atoms with Gasteiger partial charge in [-0.05, 0) is 48.9 Å². The van der Waals surface area contributed by atoms with Gasteiger partial charge in [0.2, 0.25) is 0 Å². The molecular formula is C19H27NO4. The van der Waals surface area contributed by atoms with Crippen molar-refractivity contribution in [2.24, 2.45) is 17.8 Å². The Bertz CT molecular complexity index is 567. The molecule has 5 heteroatoms. The average Bonchev–Trinajstić information content (AvgIpc) is 2.54. The van der Waals surface area contributed by atoms with Gasteiger partial charge >= 0.3 is 5.97 Å². The van der Waals surface area contributed by atoms with Crippen LogP contribution < -0.4 is 4.74 Å². The molecule has 1 aromatic rings. The predicted molar refractivity (Wildman–Crippen MR) is 92.2 cm³/mol. The lowest BCUT2D eigenvalue weighted by molar-refractivity contribution is -0.143. The Morgan fingerprint density at radius 2 is 1.92 bits per heavy atom. The minimum absolute atomic E-state index is 0.110. The highest BCUT2D eigenvalue weighted by Gasteiger charge is 2.32. The number of amides is 1. The molecule has 1 saturated heterocycles. The largest absolute Gasteiger partial charge is 0.494 e. The first kappa shape index (κ1) is 18.3. The van der Waals surface area contributed by atoms with E-state index in [9.17, 15) is 14.7 Å². The Morgan fingerprint density at radius 3 is 2.50 bits per heavy atom. The van der Waals surface area contributed by atoms with Crippen molar-refractivity contribution in [3.63, 3.8) is 0 Å². The van der Waals surface area contributed by atoms with Gasteiger partial charge in [-0.2, -0.15) is 0 Å². The van der Waals surface area contributed by atoms with E-state index in [0.717, 1.165) is 12.2 Å². The number of piperidine rings is 1. The molecule has 2 rings (SSSR count). The molecule has 0 aliphatic carbocycles. The molecule has 2 unspecified atom stereocenters. The van der Waals surface area contributed by atoms with Crippen LogP contribution in [0.15, 0.2) is 24.3 Å². The van der Waals surface area contributed by atoms with Crippen LogP contribution in [0.3, 0.4) is 0 Å². The SMILES string of the molecule is CC(C)CCOc1ccc(C(=O)N2CC(C)CC(C(=O)O)C2)cc1. The number of carboxylic acids is 1. The van der Waals surface area contributed by atoms with Crippen molar-refractivity contribution >= 4 is 11.9 Å². The van der Waals surface area contributed by atoms with E-state index in [4.69, 9.17) is 4.74 Å². The second-order valence-corrected chi connectivity index (χ2v) is 7.14. The Balaban J connectivity index is 1.97. The molecule has 0 aromatic heterocycles. The molecule has 0 radical (unpaired) electrons. The third kappa shape index (κ3) is 4.98. The van der Waals surface area contributed by atoms with Gasteiger partial charge in [0.1, 0.15) is 5.75 Å². The molecule has 0 bridgehead atoms. The molecule has 1 fully saturated rings. The number of hydrogen-bond acceptors (Lipinski definition) is 3. The maximum Gasteiger partial charge on any atom is 0.308 e. The van der Waals surface area contributed by atoms with E-state index in [2.05, 4.69) is 13.8 Å². The van der Waals surface area contributed by atoms with Crippen LogP contribution in [0.2, 0.25) is 0 Å². The van der Waals surface area contributed by atoms with Crippen molar-refractivity contribution in [3.8, 4) is 5.75 Å². The number of aliphatic carboxylic acids is 1. The summed E-state index contributed by atoms with van der Waals surface area (Å²) in [7, 11) is 0. The predicted octanol–water partition coefficient (Wildman–Crippen LogP) is 3.29. The summed E-state index contributed by atoms with van der Waals surface area (Å²) in [6.45, 7) is 7.83. The summed E-state index contributed by atoms with van der Waals surface area (Å²) in [4.78, 5) is 25.5. The molecule has 24 heavy (non-hydrogen) atoms. The minimum Gasteiger partial charge on any atom is -0.494 e. The van der Waals surface area contributed by atoms with E-state index in [1.54, 1.807) is 29.2 Å². The van der Waals surface area contributed by atoms with Gasteiger partial charge < -0.3 is 14.7 Å². The Labute approximate surface area is 143 Å². The van der Waals surface area contributed by atoms with Crippen molar-refractivity contribution < 1.29 is 19.4 Å². The van der Waals surface area contributed by atoms with Gasteiger partial charge in [-0.25, -0.2) is 0 Å². The number of carboxylic acid groups (broad SMARTS) is 1. The summed E-state index contributed by atoms with van der Waals surface area (Å²) in [5, 5.41) is 9.23. The van der Waals surface area contributed by atoms with Crippen LogP contribution in [0.25, 0.3) is 0 Å². The number of benzene rings is 1. The van der Waals surface area contributed by atoms with E-state index in [1.165, 1.54) is 0 Å². The summed E-state index contributed by atoms with van der Waals surface area (Å²) >= 11 is 0. The van der Waals surface area contributed by atoms with E-state index >= 15 is 0 Å². The Kier molecular flexibility index (Phi) is 6.23. The summed E-state index contributed by atoms with van der Waals surface area (Å²) in [5.41, 5.74) is 0.574. The van der Waals surface area contributed by atoms with E-state index in [-0.39, 0.29) is 18.4 Å². The van der Waals surface area contributed by atoms with E-state index < -0.39 is 11.9 Å². The molecule has 1 aliphatic heterocycles. The van der Waals surface area contributed by atoms with Crippen LogP contribution in [0.5, 0.6) is 5.75 Å². The maximum absolute atomic E-state index is 12.6. The lowest BCUT2D eigenvalue weighted by atomic mass is 9.90. The molecule has 1 aromatic carbocycles. The second-order valence-electron chi connectivity index (χ2n) is 7.14. The smallest absolute Gasteiger partial charge is 0.308 e. The highest BCUT2D eigenvalue weighted by molar-refractivity contribution is 5.94. The number of ether oxygens (including phenoxy) is 1. The van der Waals surface area contributed by atoms with Crippen molar-refractivity contribution in [2.75, 3.05) is 19.7 Å². The van der Waals surface area contributed by atoms with Crippen LogP contribution in [0.1, 0.15) is 44.0 Å². The fourth-order valence-electron chi connectivity index (χ4n) is 2.99. The van der Waals surface area contributed by atoms with E-state index in [1.807, 2.05) is 6.92 Å². The third-order valence-electron chi connectivity index (χ3n) is 4.36. The van der Waals surface area contributed by atoms with Gasteiger partial charge in [0.15, 0.2) is 0 Å². The number of likely N-dealkylation sites (tertiary alicyclic amines) is 1. The number of rotatable bonds is 6. The molecular weight excluding hydrogens is 306 g/mol. The van der Waals surface area contributed by atoms with Gasteiger partial charge in [-0.3, -0.25) is 9.59 Å². The molecule has 1 aliphatic rings. The normalized spacial score (nSPS) is 20.9. The topological polar surface area (TPSA) is 66.8 Å². The van der Waals surface area contributed by atoms with Gasteiger partial charge in [-0.15, -0.1) is 0 Å². The Hall–Kier alpha value is -2.04. The second kappa shape index (κ2) is 8.18. The number of carbonyl (C=O) groups excluding carboxylic acids is 1. The van der Waals surface area contributed by atoms with Crippen LogP contribution in [0, 0.1) is 17.8 Å². The molecule has 132 valence electrons. The maximum atomic E-state index is 12.6. The summed E-state index contributed by atoms with van der Waals surface area (Å²) in [6, 6.07) is 7.11. The first-order chi connectivity index (χ1) is 11.4. The highest BCUT2D eigenvalue weighted by Crippen LogP contribution is 2.24. The fraction of sp³-hybridized carbons (Fsp3) is 0.579. The summed E-state index contributed by atoms with van der Waals surface area (Å²) in [5.74, 6) is 0.130. The van der Waals surface area contributed by atoms with Crippen molar-refractivity contribution in [2.45, 2.75) is 33.6 Å². The van der Waals surface area contributed by atoms with Crippen LogP contribution in [-0.4, -0.2) is 41.6 Å². The summed E-state index contributed by atoms with van der Waals surface area (Å²) < 4.78 is 5.66. The molecule has 1 amide bonds. The average molecular weight is 333 g/mol. The number of hydrogen-bond donors (Lipinski definition) is 1. The standard InChI is InChI=1S/C19H27NO4/c1-13(2)8-9-24-17-6-4-15(5-7-17)18(21)20-11-14(3)10-16(12-20)19(22)23/h4-7,13-14,16H,8-12H2,1-3H3,(H,22,23). The highest BCUT2D eigenvalue weighted by atomic mass is 16.5. The molecule has 1 N–H and O–H groups in total. The van der Waals surface area contributed by atoms with Crippen LogP contribution in [0.4, 0.5) is 0 Å². The molecule has 0 spiro atoms. The van der Waals surface area contributed by atoms with Gasteiger partial charge in [0, 0.05) is 18.7 Å². The number of nitrogens with zero attached hydrogens (tertiary/aromatic N) is 1. The first-order valence-corrected chi connectivity index (χ1v) is 8.61.